The molecule has 0 saturated carbocycles. The normalized spacial score (nSPS) is 14.6. The zero-order chi connectivity index (χ0) is 19.8. The van der Waals surface area contributed by atoms with E-state index in [-0.39, 0.29) is 5.91 Å². The fourth-order valence-corrected chi connectivity index (χ4v) is 3.09. The molecule has 0 atom stereocenters. The van der Waals surface area contributed by atoms with Crippen LogP contribution in [-0.4, -0.2) is 66.7 Å². The van der Waals surface area contributed by atoms with Crippen LogP contribution >= 0.6 is 0 Å². The second-order valence-electron chi connectivity index (χ2n) is 6.39. The van der Waals surface area contributed by atoms with Crippen molar-refractivity contribution in [3.8, 4) is 11.5 Å². The van der Waals surface area contributed by atoms with Crippen molar-refractivity contribution in [3.05, 3.63) is 36.7 Å². The summed E-state index contributed by atoms with van der Waals surface area (Å²) in [5, 5.41) is 2.95. The summed E-state index contributed by atoms with van der Waals surface area (Å²) < 4.78 is 11.2. The van der Waals surface area contributed by atoms with Crippen molar-refractivity contribution in [1.82, 2.24) is 14.9 Å². The van der Waals surface area contributed by atoms with E-state index in [9.17, 15) is 4.79 Å². The highest BCUT2D eigenvalue weighted by molar-refractivity contribution is 5.92. The molecule has 0 spiro atoms. The van der Waals surface area contributed by atoms with Crippen LogP contribution in [0.3, 0.4) is 0 Å². The molecular weight excluding hydrogens is 358 g/mol. The lowest BCUT2D eigenvalue weighted by molar-refractivity contribution is -0.117. The molecule has 8 heteroatoms. The van der Waals surface area contributed by atoms with Crippen molar-refractivity contribution < 1.29 is 14.3 Å². The number of nitrogens with one attached hydrogen (secondary N) is 1. The van der Waals surface area contributed by atoms with E-state index >= 15 is 0 Å². The summed E-state index contributed by atoms with van der Waals surface area (Å²) in [5.74, 6) is 2.01. The van der Waals surface area contributed by atoms with Crippen molar-refractivity contribution in [2.24, 2.45) is 0 Å². The molecule has 1 fully saturated rings. The monoisotopic (exact) mass is 385 g/mol. The maximum absolute atomic E-state index is 12.4. The Morgan fingerprint density at radius 1 is 1.04 bits per heavy atom. The summed E-state index contributed by atoms with van der Waals surface area (Å²) in [7, 11) is 0. The molecule has 1 aliphatic heterocycles. The number of aromatic nitrogens is 2. The van der Waals surface area contributed by atoms with Crippen LogP contribution in [0.2, 0.25) is 0 Å². The van der Waals surface area contributed by atoms with Crippen molar-refractivity contribution in [3.63, 3.8) is 0 Å². The first-order chi connectivity index (χ1) is 13.7. The minimum Gasteiger partial charge on any atom is -0.490 e. The molecular formula is C20H27N5O3. The topological polar surface area (TPSA) is 79.8 Å². The summed E-state index contributed by atoms with van der Waals surface area (Å²) in [6, 6.07) is 7.26. The predicted octanol–water partition coefficient (Wildman–Crippen LogP) is 2.03. The Kier molecular flexibility index (Phi) is 7.02. The van der Waals surface area contributed by atoms with Gasteiger partial charge in [0.2, 0.25) is 11.9 Å². The van der Waals surface area contributed by atoms with Crippen LogP contribution in [0.5, 0.6) is 11.5 Å². The molecule has 0 unspecified atom stereocenters. The highest BCUT2D eigenvalue weighted by Crippen LogP contribution is 2.30. The van der Waals surface area contributed by atoms with E-state index in [1.165, 1.54) is 0 Å². The number of benzene rings is 1. The highest BCUT2D eigenvalue weighted by Gasteiger charge is 2.20. The number of hydrogen-bond acceptors (Lipinski definition) is 7. The van der Waals surface area contributed by atoms with Crippen LogP contribution in [-0.2, 0) is 4.79 Å². The fraction of sp³-hybridized carbons (Fsp3) is 0.450. The fourth-order valence-electron chi connectivity index (χ4n) is 3.09. The maximum atomic E-state index is 12.4. The van der Waals surface area contributed by atoms with Gasteiger partial charge in [-0.2, -0.15) is 0 Å². The average Bonchev–Trinajstić information content (AvgIpc) is 2.71. The van der Waals surface area contributed by atoms with Gasteiger partial charge in [-0.3, -0.25) is 9.69 Å². The van der Waals surface area contributed by atoms with Gasteiger partial charge in [0.1, 0.15) is 0 Å². The van der Waals surface area contributed by atoms with Gasteiger partial charge in [0, 0.05) is 50.3 Å². The Bertz CT molecular complexity index is 764. The van der Waals surface area contributed by atoms with Gasteiger partial charge in [0.05, 0.1) is 19.8 Å². The molecule has 1 N–H and O–H groups in total. The van der Waals surface area contributed by atoms with Crippen LogP contribution in [0.4, 0.5) is 11.6 Å². The first kappa shape index (κ1) is 19.9. The maximum Gasteiger partial charge on any atom is 0.238 e. The number of rotatable bonds is 8. The number of piperazine rings is 1. The van der Waals surface area contributed by atoms with E-state index in [1.54, 1.807) is 18.5 Å². The third kappa shape index (κ3) is 5.32. The number of nitrogens with zero attached hydrogens (tertiary/aromatic N) is 4. The van der Waals surface area contributed by atoms with Gasteiger partial charge < -0.3 is 19.7 Å². The van der Waals surface area contributed by atoms with Gasteiger partial charge in [-0.1, -0.05) is 0 Å². The van der Waals surface area contributed by atoms with Gasteiger partial charge in [-0.15, -0.1) is 0 Å². The van der Waals surface area contributed by atoms with Crippen LogP contribution in [0, 0.1) is 0 Å². The molecule has 8 nitrogen and oxygen atoms in total. The second-order valence-corrected chi connectivity index (χ2v) is 6.39. The van der Waals surface area contributed by atoms with Crippen molar-refractivity contribution in [2.45, 2.75) is 13.8 Å². The van der Waals surface area contributed by atoms with Gasteiger partial charge in [0.25, 0.3) is 0 Å². The van der Waals surface area contributed by atoms with Crippen LogP contribution in [0.15, 0.2) is 36.7 Å². The molecule has 0 aliphatic carbocycles. The summed E-state index contributed by atoms with van der Waals surface area (Å²) in [6.45, 7) is 8.47. The molecule has 1 saturated heterocycles. The van der Waals surface area contributed by atoms with Crippen molar-refractivity contribution in [2.75, 3.05) is 56.2 Å². The third-order valence-electron chi connectivity index (χ3n) is 4.40. The van der Waals surface area contributed by atoms with Gasteiger partial charge in [0.15, 0.2) is 11.5 Å². The van der Waals surface area contributed by atoms with E-state index in [0.29, 0.717) is 36.9 Å². The largest absolute Gasteiger partial charge is 0.490 e. The van der Waals surface area contributed by atoms with Crippen LogP contribution in [0.25, 0.3) is 0 Å². The Labute approximate surface area is 165 Å². The lowest BCUT2D eigenvalue weighted by Gasteiger charge is -2.34. The Morgan fingerprint density at radius 3 is 2.39 bits per heavy atom. The minimum absolute atomic E-state index is 0.0454. The SMILES string of the molecule is CCOc1ccc(NC(=O)CN2CCN(c3ncccn3)CC2)cc1OCC. The first-order valence-corrected chi connectivity index (χ1v) is 9.63. The lowest BCUT2D eigenvalue weighted by atomic mass is 10.2. The van der Waals surface area contributed by atoms with Crippen molar-refractivity contribution in [1.29, 1.82) is 0 Å². The quantitative estimate of drug-likeness (QED) is 0.745. The number of ether oxygens (including phenoxy) is 2. The number of carbonyl (C=O) groups excluding carboxylic acids is 1. The summed E-state index contributed by atoms with van der Waals surface area (Å²) in [6.07, 6.45) is 3.49. The number of anilines is 2. The summed E-state index contributed by atoms with van der Waals surface area (Å²) >= 11 is 0. The van der Waals surface area contributed by atoms with Crippen molar-refractivity contribution >= 4 is 17.5 Å². The minimum atomic E-state index is -0.0454. The Balaban J connectivity index is 1.51. The molecule has 0 radical (unpaired) electrons. The average molecular weight is 385 g/mol. The molecule has 1 amide bonds. The molecule has 1 aliphatic rings. The molecule has 3 rings (SSSR count). The summed E-state index contributed by atoms with van der Waals surface area (Å²) in [4.78, 5) is 25.3. The molecule has 28 heavy (non-hydrogen) atoms. The first-order valence-electron chi connectivity index (χ1n) is 9.63. The van der Waals surface area contributed by atoms with Gasteiger partial charge >= 0.3 is 0 Å². The van der Waals surface area contributed by atoms with E-state index in [1.807, 2.05) is 32.0 Å². The number of hydrogen-bond donors (Lipinski definition) is 1. The smallest absolute Gasteiger partial charge is 0.238 e. The molecule has 1 aromatic heterocycles. The number of carbonyl (C=O) groups is 1. The van der Waals surface area contributed by atoms with Gasteiger partial charge in [-0.05, 0) is 32.0 Å². The zero-order valence-electron chi connectivity index (χ0n) is 16.4. The molecule has 1 aromatic carbocycles. The molecule has 0 bridgehead atoms. The van der Waals surface area contributed by atoms with E-state index in [2.05, 4.69) is 25.1 Å². The lowest BCUT2D eigenvalue weighted by Crippen LogP contribution is -2.49. The molecule has 2 heterocycles. The number of amides is 1. The summed E-state index contributed by atoms with van der Waals surface area (Å²) in [5.41, 5.74) is 0.702. The third-order valence-corrected chi connectivity index (χ3v) is 4.40. The van der Waals surface area contributed by atoms with Crippen LogP contribution in [0.1, 0.15) is 13.8 Å². The zero-order valence-corrected chi connectivity index (χ0v) is 16.4. The predicted molar refractivity (Wildman–Crippen MR) is 108 cm³/mol. The van der Waals surface area contributed by atoms with E-state index in [4.69, 9.17) is 9.47 Å². The van der Waals surface area contributed by atoms with Gasteiger partial charge in [-0.25, -0.2) is 9.97 Å². The second kappa shape index (κ2) is 9.89. The Hall–Kier alpha value is -2.87. The van der Waals surface area contributed by atoms with E-state index < -0.39 is 0 Å². The van der Waals surface area contributed by atoms with Crippen LogP contribution < -0.4 is 19.7 Å². The highest BCUT2D eigenvalue weighted by atomic mass is 16.5. The molecule has 150 valence electrons. The Morgan fingerprint density at radius 2 is 1.71 bits per heavy atom. The molecule has 2 aromatic rings. The van der Waals surface area contributed by atoms with E-state index in [0.717, 1.165) is 32.1 Å². The standard InChI is InChI=1S/C20H27N5O3/c1-3-27-17-7-6-16(14-18(17)28-4-2)23-19(26)15-24-10-12-25(13-11-24)20-21-8-5-9-22-20/h5-9,14H,3-4,10-13,15H2,1-2H3,(H,23,26).